The molecular weight excluding hydrogens is 570 g/mol. The molecule has 6 aromatic rings. The van der Waals surface area contributed by atoms with E-state index in [-0.39, 0.29) is 0 Å². The predicted molar refractivity (Wildman–Crippen MR) is 161 cm³/mol. The maximum Gasteiger partial charge on any atom is 0.221 e. The standard InChI is InChI=1S/C38H30N.ClHO4/c1-5-15-28(16-6-1)27-39-37(32-22-11-4-12-23-32)36(31-20-9-3-10-21-31)35(30-18-7-2-8-19-30)34-26-25-29-17-13-14-24-33(29)38(34)39;2-1(3,4)5/h1-24H,25-27H2;(H,2,3,4,5)/q+1;/p-1. The lowest BCUT2D eigenvalue weighted by atomic mass is 9.79. The molecule has 5 nitrogen and oxygen atoms in total. The van der Waals surface area contributed by atoms with E-state index in [4.69, 9.17) is 18.6 Å². The van der Waals surface area contributed by atoms with Gasteiger partial charge in [0.2, 0.25) is 11.4 Å². The van der Waals surface area contributed by atoms with E-state index in [0.717, 1.165) is 19.4 Å². The van der Waals surface area contributed by atoms with E-state index in [9.17, 15) is 0 Å². The SMILES string of the molecule is [O-][Cl+3]([O-])([O-])[O-].c1ccc(C[n+]2c3c(c(-c4ccccc4)c(-c4ccccc4)c2-c2ccccc2)CCc2ccccc2-3)cc1. The summed E-state index contributed by atoms with van der Waals surface area (Å²) in [6.07, 6.45) is 2.06. The molecular formula is C38H30ClNO4. The zero-order valence-electron chi connectivity index (χ0n) is 23.9. The zero-order chi connectivity index (χ0) is 30.5. The molecule has 0 aliphatic heterocycles. The summed E-state index contributed by atoms with van der Waals surface area (Å²) in [4.78, 5) is 0. The lowest BCUT2D eigenvalue weighted by molar-refractivity contribution is -2.00. The van der Waals surface area contributed by atoms with Gasteiger partial charge in [-0.15, -0.1) is 10.2 Å². The lowest BCUT2D eigenvalue weighted by Crippen LogP contribution is -2.68. The molecule has 7 rings (SSSR count). The maximum absolute atomic E-state index is 8.49. The molecule has 44 heavy (non-hydrogen) atoms. The number of benzene rings is 5. The smallest absolute Gasteiger partial charge is 0.221 e. The lowest BCUT2D eigenvalue weighted by Gasteiger charge is -2.26. The Hall–Kier alpha value is -4.62. The molecule has 5 aromatic carbocycles. The third-order valence-electron chi connectivity index (χ3n) is 7.89. The fraction of sp³-hybridized carbons (Fsp3) is 0.0789. The van der Waals surface area contributed by atoms with Gasteiger partial charge in [-0.05, 0) is 47.7 Å². The van der Waals surface area contributed by atoms with Gasteiger partial charge >= 0.3 is 0 Å². The minimum Gasteiger partial charge on any atom is -0.222 e. The molecule has 1 heterocycles. The first kappa shape index (κ1) is 29.5. The Labute approximate surface area is 259 Å². The van der Waals surface area contributed by atoms with Crippen molar-refractivity contribution in [3.63, 3.8) is 0 Å². The van der Waals surface area contributed by atoms with Crippen LogP contribution < -0.4 is 23.2 Å². The first-order chi connectivity index (χ1) is 21.4. The third kappa shape index (κ3) is 6.48. The molecule has 0 saturated heterocycles. The number of nitrogens with zero attached hydrogens (tertiary/aromatic N) is 1. The number of hydrogen-bond donors (Lipinski definition) is 0. The molecule has 0 amide bonds. The van der Waals surface area contributed by atoms with Gasteiger partial charge in [0.1, 0.15) is 0 Å². The van der Waals surface area contributed by atoms with E-state index in [1.807, 2.05) is 0 Å². The summed E-state index contributed by atoms with van der Waals surface area (Å²) >= 11 is 0. The Morgan fingerprint density at radius 2 is 0.932 bits per heavy atom. The van der Waals surface area contributed by atoms with Crippen LogP contribution in [0.2, 0.25) is 0 Å². The van der Waals surface area contributed by atoms with Gasteiger partial charge < -0.3 is 0 Å². The van der Waals surface area contributed by atoms with E-state index in [1.165, 1.54) is 61.5 Å². The van der Waals surface area contributed by atoms with Gasteiger partial charge in [0.15, 0.2) is 6.54 Å². The second kappa shape index (κ2) is 12.9. The fourth-order valence-electron chi connectivity index (χ4n) is 6.21. The number of aromatic nitrogens is 1. The molecule has 6 heteroatoms. The van der Waals surface area contributed by atoms with Gasteiger partial charge in [0.25, 0.3) is 0 Å². The summed E-state index contributed by atoms with van der Waals surface area (Å²) in [5, 5.41) is 0. The normalized spacial score (nSPS) is 12.0. The van der Waals surface area contributed by atoms with Gasteiger partial charge in [-0.1, -0.05) is 127 Å². The van der Waals surface area contributed by atoms with Gasteiger partial charge in [0, 0.05) is 27.8 Å². The number of halogens is 1. The van der Waals surface area contributed by atoms with Gasteiger partial charge in [0.05, 0.1) is 5.56 Å². The fourth-order valence-corrected chi connectivity index (χ4v) is 6.21. The first-order valence-corrected chi connectivity index (χ1v) is 15.6. The van der Waals surface area contributed by atoms with Crippen LogP contribution in [0, 0.1) is 10.2 Å². The van der Waals surface area contributed by atoms with Crippen molar-refractivity contribution in [3.05, 3.63) is 162 Å². The van der Waals surface area contributed by atoms with Gasteiger partial charge in [-0.3, -0.25) is 0 Å². The minimum absolute atomic E-state index is 0.802. The minimum atomic E-state index is -4.94. The molecule has 218 valence electrons. The topological polar surface area (TPSA) is 96.1 Å². The van der Waals surface area contributed by atoms with Crippen LogP contribution in [0.1, 0.15) is 16.7 Å². The molecule has 0 radical (unpaired) electrons. The average molecular weight is 600 g/mol. The van der Waals surface area contributed by atoms with E-state index in [2.05, 4.69) is 150 Å². The second-order valence-corrected chi connectivity index (χ2v) is 11.4. The largest absolute Gasteiger partial charge is 0.222 e. The summed E-state index contributed by atoms with van der Waals surface area (Å²) in [5.74, 6) is 0. The van der Waals surface area contributed by atoms with Crippen LogP contribution in [-0.2, 0) is 19.4 Å². The van der Waals surface area contributed by atoms with E-state index < -0.39 is 10.2 Å². The molecule has 0 atom stereocenters. The quantitative estimate of drug-likeness (QED) is 0.280. The number of fused-ring (bicyclic) bond motifs is 3. The second-order valence-electron chi connectivity index (χ2n) is 10.6. The van der Waals surface area contributed by atoms with Crippen LogP contribution in [0.3, 0.4) is 0 Å². The van der Waals surface area contributed by atoms with Crippen LogP contribution in [-0.4, -0.2) is 0 Å². The van der Waals surface area contributed by atoms with E-state index in [0.29, 0.717) is 0 Å². The Bertz CT molecular complexity index is 1850. The molecule has 0 saturated carbocycles. The Kier molecular flexibility index (Phi) is 8.66. The van der Waals surface area contributed by atoms with Crippen molar-refractivity contribution >= 4 is 0 Å². The molecule has 0 bridgehead atoms. The van der Waals surface area contributed by atoms with Crippen molar-refractivity contribution in [1.82, 2.24) is 0 Å². The third-order valence-corrected chi connectivity index (χ3v) is 7.89. The number of pyridine rings is 1. The van der Waals surface area contributed by atoms with Crippen LogP contribution in [0.25, 0.3) is 44.8 Å². The monoisotopic (exact) mass is 599 g/mol. The van der Waals surface area contributed by atoms with Crippen molar-refractivity contribution in [3.8, 4) is 44.8 Å². The van der Waals surface area contributed by atoms with Gasteiger partial charge in [-0.2, -0.15) is 4.57 Å². The van der Waals surface area contributed by atoms with E-state index >= 15 is 0 Å². The van der Waals surface area contributed by atoms with Crippen LogP contribution >= 0.6 is 0 Å². The Balaban J connectivity index is 0.000000637. The summed E-state index contributed by atoms with van der Waals surface area (Å²) < 4.78 is 36.6. The summed E-state index contributed by atoms with van der Waals surface area (Å²) in [5.41, 5.74) is 14.5. The van der Waals surface area contributed by atoms with Crippen molar-refractivity contribution in [1.29, 1.82) is 0 Å². The Morgan fingerprint density at radius 3 is 1.50 bits per heavy atom. The molecule has 1 aromatic heterocycles. The number of aryl methyl sites for hydroxylation is 1. The van der Waals surface area contributed by atoms with Crippen molar-refractivity contribution in [2.45, 2.75) is 19.4 Å². The molecule has 0 spiro atoms. The molecule has 0 N–H and O–H groups in total. The average Bonchev–Trinajstić information content (AvgIpc) is 3.05. The number of rotatable bonds is 5. The Morgan fingerprint density at radius 1 is 0.477 bits per heavy atom. The summed E-state index contributed by atoms with van der Waals surface area (Å²) in [7, 11) is -4.94. The molecule has 0 unspecified atom stereocenters. The molecule has 1 aliphatic carbocycles. The maximum atomic E-state index is 8.49. The van der Waals surface area contributed by atoms with Crippen LogP contribution in [0.4, 0.5) is 0 Å². The molecule has 0 fully saturated rings. The van der Waals surface area contributed by atoms with Gasteiger partial charge in [-0.25, -0.2) is 18.6 Å². The van der Waals surface area contributed by atoms with Crippen LogP contribution in [0.15, 0.2) is 146 Å². The van der Waals surface area contributed by atoms with Crippen LogP contribution in [0.5, 0.6) is 0 Å². The zero-order valence-corrected chi connectivity index (χ0v) is 24.7. The predicted octanol–water partition coefficient (Wildman–Crippen LogP) is 4.03. The first-order valence-electron chi connectivity index (χ1n) is 14.4. The highest BCUT2D eigenvalue weighted by molar-refractivity contribution is 5.95. The summed E-state index contributed by atoms with van der Waals surface area (Å²) in [6.45, 7) is 0.802. The highest BCUT2D eigenvalue weighted by Crippen LogP contribution is 2.46. The van der Waals surface area contributed by atoms with Crippen molar-refractivity contribution in [2.75, 3.05) is 0 Å². The highest BCUT2D eigenvalue weighted by atomic mass is 35.7. The van der Waals surface area contributed by atoms with Crippen molar-refractivity contribution < 1.29 is 33.4 Å². The van der Waals surface area contributed by atoms with E-state index in [1.54, 1.807) is 0 Å². The molecule has 1 aliphatic rings. The highest BCUT2D eigenvalue weighted by Gasteiger charge is 2.36. The van der Waals surface area contributed by atoms with Crippen molar-refractivity contribution in [2.24, 2.45) is 0 Å². The number of hydrogen-bond acceptors (Lipinski definition) is 4. The summed E-state index contributed by atoms with van der Waals surface area (Å²) in [6, 6.07) is 52.8.